The SMILES string of the molecule is Cn1nc(-c2nc(-c3ccccc3)no2)c2c1CCN(C(=O)CSc1ccccc1)C2. The topological polar surface area (TPSA) is 77.1 Å². The first-order chi connectivity index (χ1) is 15.2. The van der Waals surface area contributed by atoms with Gasteiger partial charge in [-0.25, -0.2) is 0 Å². The number of nitrogens with zero attached hydrogens (tertiary/aromatic N) is 5. The molecule has 0 aliphatic carbocycles. The maximum absolute atomic E-state index is 12.9. The molecule has 4 aromatic rings. The van der Waals surface area contributed by atoms with E-state index in [1.54, 1.807) is 11.8 Å². The summed E-state index contributed by atoms with van der Waals surface area (Å²) >= 11 is 1.56. The Hall–Kier alpha value is -3.39. The largest absolute Gasteiger partial charge is 0.337 e. The summed E-state index contributed by atoms with van der Waals surface area (Å²) in [5.41, 5.74) is 3.63. The average Bonchev–Trinajstić information content (AvgIpc) is 3.43. The van der Waals surface area contributed by atoms with Crippen LogP contribution in [0.5, 0.6) is 0 Å². The highest BCUT2D eigenvalue weighted by atomic mass is 32.2. The molecule has 0 bridgehead atoms. The van der Waals surface area contributed by atoms with Crippen LogP contribution in [0.3, 0.4) is 0 Å². The van der Waals surface area contributed by atoms with Gasteiger partial charge >= 0.3 is 0 Å². The second kappa shape index (κ2) is 8.39. The van der Waals surface area contributed by atoms with Gasteiger partial charge in [0.15, 0.2) is 5.69 Å². The summed E-state index contributed by atoms with van der Waals surface area (Å²) in [6.45, 7) is 1.18. The number of thioether (sulfide) groups is 1. The Morgan fingerprint density at radius 1 is 1.10 bits per heavy atom. The molecule has 0 saturated heterocycles. The molecule has 156 valence electrons. The zero-order valence-corrected chi connectivity index (χ0v) is 17.9. The molecule has 1 aliphatic rings. The van der Waals surface area contributed by atoms with E-state index >= 15 is 0 Å². The molecular formula is C23H21N5O2S. The Bertz CT molecular complexity index is 1200. The van der Waals surface area contributed by atoms with Crippen LogP contribution in [0.15, 0.2) is 70.1 Å². The summed E-state index contributed by atoms with van der Waals surface area (Å²) in [5, 5.41) is 8.75. The highest BCUT2D eigenvalue weighted by Gasteiger charge is 2.29. The predicted octanol–water partition coefficient (Wildman–Crippen LogP) is 3.81. The van der Waals surface area contributed by atoms with Crippen molar-refractivity contribution in [3.63, 3.8) is 0 Å². The first-order valence-electron chi connectivity index (χ1n) is 10.1. The Morgan fingerprint density at radius 2 is 1.84 bits per heavy atom. The quantitative estimate of drug-likeness (QED) is 0.447. The van der Waals surface area contributed by atoms with Crippen molar-refractivity contribution in [1.29, 1.82) is 0 Å². The first kappa shape index (κ1) is 19.6. The number of rotatable bonds is 5. The maximum Gasteiger partial charge on any atom is 0.279 e. The van der Waals surface area contributed by atoms with Crippen molar-refractivity contribution in [1.82, 2.24) is 24.8 Å². The minimum atomic E-state index is 0.116. The molecule has 5 rings (SSSR count). The van der Waals surface area contributed by atoms with E-state index in [1.807, 2.05) is 77.3 Å². The van der Waals surface area contributed by atoms with Crippen LogP contribution in [0.1, 0.15) is 11.3 Å². The van der Waals surface area contributed by atoms with Gasteiger partial charge in [0.1, 0.15) is 0 Å². The molecule has 3 heterocycles. The second-order valence-corrected chi connectivity index (χ2v) is 8.40. The zero-order valence-electron chi connectivity index (χ0n) is 17.1. The molecule has 1 amide bonds. The molecule has 31 heavy (non-hydrogen) atoms. The summed E-state index contributed by atoms with van der Waals surface area (Å²) in [6, 6.07) is 19.7. The lowest BCUT2D eigenvalue weighted by Gasteiger charge is -2.27. The van der Waals surface area contributed by atoms with Crippen molar-refractivity contribution >= 4 is 17.7 Å². The Kier molecular flexibility index (Phi) is 5.30. The summed E-state index contributed by atoms with van der Waals surface area (Å²) in [4.78, 5) is 20.4. The fraction of sp³-hybridized carbons (Fsp3) is 0.217. The standard InChI is InChI=1S/C23H21N5O2S/c1-27-19-12-13-28(20(29)15-31-17-10-6-3-7-11-17)14-18(19)21(25-27)23-24-22(26-30-23)16-8-4-2-5-9-16/h2-11H,12-15H2,1H3. The normalized spacial score (nSPS) is 13.3. The summed E-state index contributed by atoms with van der Waals surface area (Å²) in [7, 11) is 1.92. The van der Waals surface area contributed by atoms with Gasteiger partial charge < -0.3 is 9.42 Å². The predicted molar refractivity (Wildman–Crippen MR) is 118 cm³/mol. The number of aromatic nitrogens is 4. The lowest BCUT2D eigenvalue weighted by Crippen LogP contribution is -2.37. The Balaban J connectivity index is 1.36. The molecule has 0 radical (unpaired) electrons. The fourth-order valence-electron chi connectivity index (χ4n) is 3.75. The van der Waals surface area contributed by atoms with Gasteiger partial charge in [0, 0.05) is 48.3 Å². The monoisotopic (exact) mass is 431 g/mol. The fourth-order valence-corrected chi connectivity index (χ4v) is 4.58. The van der Waals surface area contributed by atoms with Gasteiger partial charge in [-0.2, -0.15) is 10.1 Å². The third kappa shape index (κ3) is 3.98. The highest BCUT2D eigenvalue weighted by Crippen LogP contribution is 2.30. The van der Waals surface area contributed by atoms with Gasteiger partial charge in [-0.1, -0.05) is 53.7 Å². The van der Waals surface area contributed by atoms with Crippen molar-refractivity contribution in [2.45, 2.75) is 17.9 Å². The number of amides is 1. The molecule has 0 N–H and O–H groups in total. The molecule has 0 spiro atoms. The van der Waals surface area contributed by atoms with E-state index in [4.69, 9.17) is 4.52 Å². The summed E-state index contributed by atoms with van der Waals surface area (Å²) in [5.74, 6) is 1.43. The van der Waals surface area contributed by atoms with Gasteiger partial charge in [0.05, 0.1) is 5.75 Å². The van der Waals surface area contributed by atoms with E-state index in [0.29, 0.717) is 36.3 Å². The van der Waals surface area contributed by atoms with Gasteiger partial charge in [0.25, 0.3) is 5.89 Å². The molecule has 2 aromatic heterocycles. The van der Waals surface area contributed by atoms with Gasteiger partial charge in [-0.05, 0) is 12.1 Å². The van der Waals surface area contributed by atoms with Gasteiger partial charge in [-0.3, -0.25) is 9.48 Å². The molecule has 0 saturated carbocycles. The number of carbonyl (C=O) groups is 1. The molecule has 8 heteroatoms. The van der Waals surface area contributed by atoms with E-state index < -0.39 is 0 Å². The third-order valence-corrected chi connectivity index (χ3v) is 6.36. The van der Waals surface area contributed by atoms with Crippen molar-refractivity contribution in [2.75, 3.05) is 12.3 Å². The lowest BCUT2D eigenvalue weighted by atomic mass is 10.0. The lowest BCUT2D eigenvalue weighted by molar-refractivity contribution is -0.129. The minimum Gasteiger partial charge on any atom is -0.337 e. The molecule has 7 nitrogen and oxygen atoms in total. The van der Waals surface area contributed by atoms with Crippen LogP contribution in [-0.4, -0.2) is 43.0 Å². The second-order valence-electron chi connectivity index (χ2n) is 7.35. The van der Waals surface area contributed by atoms with Crippen molar-refractivity contribution < 1.29 is 9.32 Å². The third-order valence-electron chi connectivity index (χ3n) is 5.36. The number of aryl methyl sites for hydroxylation is 1. The van der Waals surface area contributed by atoms with Crippen LogP contribution in [-0.2, 0) is 24.8 Å². The van der Waals surface area contributed by atoms with Crippen molar-refractivity contribution in [2.24, 2.45) is 7.05 Å². The number of carbonyl (C=O) groups excluding carboxylic acids is 1. The van der Waals surface area contributed by atoms with Crippen LogP contribution in [0.25, 0.3) is 23.0 Å². The van der Waals surface area contributed by atoms with E-state index in [1.165, 1.54) is 0 Å². The van der Waals surface area contributed by atoms with Crippen LogP contribution in [0.2, 0.25) is 0 Å². The van der Waals surface area contributed by atoms with E-state index in [9.17, 15) is 4.79 Å². The smallest absolute Gasteiger partial charge is 0.279 e. The summed E-state index contributed by atoms with van der Waals surface area (Å²) < 4.78 is 7.40. The number of benzene rings is 2. The Labute approximate surface area is 184 Å². The van der Waals surface area contributed by atoms with Crippen molar-refractivity contribution in [3.8, 4) is 23.0 Å². The first-order valence-corrected chi connectivity index (χ1v) is 11.1. The molecule has 0 fully saturated rings. The molecule has 0 unspecified atom stereocenters. The van der Waals surface area contributed by atoms with Gasteiger partial charge in [-0.15, -0.1) is 11.8 Å². The van der Waals surface area contributed by atoms with E-state index in [0.717, 1.165) is 28.1 Å². The Morgan fingerprint density at radius 3 is 2.61 bits per heavy atom. The number of hydrogen-bond acceptors (Lipinski definition) is 6. The van der Waals surface area contributed by atoms with E-state index in [-0.39, 0.29) is 5.91 Å². The zero-order chi connectivity index (χ0) is 21.2. The van der Waals surface area contributed by atoms with E-state index in [2.05, 4.69) is 15.2 Å². The van der Waals surface area contributed by atoms with Crippen LogP contribution < -0.4 is 0 Å². The van der Waals surface area contributed by atoms with Crippen LogP contribution in [0, 0.1) is 0 Å². The molecule has 1 aliphatic heterocycles. The maximum atomic E-state index is 12.9. The summed E-state index contributed by atoms with van der Waals surface area (Å²) in [6.07, 6.45) is 0.750. The molecule has 2 aromatic carbocycles. The number of hydrogen-bond donors (Lipinski definition) is 0. The van der Waals surface area contributed by atoms with Crippen molar-refractivity contribution in [3.05, 3.63) is 71.9 Å². The molecular weight excluding hydrogens is 410 g/mol. The average molecular weight is 432 g/mol. The number of fused-ring (bicyclic) bond motifs is 1. The van der Waals surface area contributed by atoms with Crippen LogP contribution in [0.4, 0.5) is 0 Å². The minimum absolute atomic E-state index is 0.116. The molecule has 0 atom stereocenters. The highest BCUT2D eigenvalue weighted by molar-refractivity contribution is 8.00. The van der Waals surface area contributed by atoms with Crippen LogP contribution >= 0.6 is 11.8 Å². The van der Waals surface area contributed by atoms with Gasteiger partial charge in [0.2, 0.25) is 11.7 Å².